The summed E-state index contributed by atoms with van der Waals surface area (Å²) in [5, 5.41) is 17.5. The minimum absolute atomic E-state index is 0.203. The second-order valence-electron chi connectivity index (χ2n) is 3.11. The van der Waals surface area contributed by atoms with Gasteiger partial charge in [0.05, 0.1) is 5.56 Å². The van der Waals surface area contributed by atoms with Crippen LogP contribution >= 0.6 is 21.6 Å². The van der Waals surface area contributed by atoms with E-state index in [9.17, 15) is 9.59 Å². The van der Waals surface area contributed by atoms with Crippen molar-refractivity contribution in [3.63, 3.8) is 0 Å². The Kier molecular flexibility index (Phi) is 5.33. The highest BCUT2D eigenvalue weighted by Gasteiger charge is 2.13. The van der Waals surface area contributed by atoms with Gasteiger partial charge in [0.2, 0.25) is 0 Å². The average Bonchev–Trinajstić information content (AvgIpc) is 2.29. The molecule has 0 bridgehead atoms. The summed E-state index contributed by atoms with van der Waals surface area (Å²) in [6, 6.07) is 5.60. The van der Waals surface area contributed by atoms with Crippen LogP contribution in [-0.2, 0) is 4.79 Å². The molecule has 0 amide bonds. The van der Waals surface area contributed by atoms with Crippen LogP contribution in [0.15, 0.2) is 29.2 Å². The predicted molar refractivity (Wildman–Crippen MR) is 67.3 cm³/mol. The normalized spacial score (nSPS) is 12.1. The number of aromatic carboxylic acids is 1. The van der Waals surface area contributed by atoms with Crippen LogP contribution in [-0.4, -0.2) is 33.9 Å². The molecule has 0 heterocycles. The zero-order chi connectivity index (χ0) is 12.8. The van der Waals surface area contributed by atoms with Crippen LogP contribution in [0.5, 0.6) is 0 Å². The van der Waals surface area contributed by atoms with Crippen LogP contribution in [0.2, 0.25) is 0 Å². The summed E-state index contributed by atoms with van der Waals surface area (Å²) >= 11 is 0. The van der Waals surface area contributed by atoms with Crippen LogP contribution in [0.1, 0.15) is 10.4 Å². The molecule has 0 fully saturated rings. The van der Waals surface area contributed by atoms with Crippen molar-refractivity contribution in [1.29, 1.82) is 0 Å². The van der Waals surface area contributed by atoms with Crippen molar-refractivity contribution >= 4 is 33.5 Å². The second-order valence-corrected chi connectivity index (χ2v) is 5.50. The Labute approximate surface area is 106 Å². The summed E-state index contributed by atoms with van der Waals surface area (Å²) in [6.45, 7) is 0. The van der Waals surface area contributed by atoms with Crippen LogP contribution < -0.4 is 5.73 Å². The van der Waals surface area contributed by atoms with Gasteiger partial charge in [-0.3, -0.25) is 4.79 Å². The molecule has 92 valence electrons. The Hall–Kier alpha value is -1.18. The van der Waals surface area contributed by atoms with Crippen molar-refractivity contribution in [2.24, 2.45) is 5.73 Å². The van der Waals surface area contributed by atoms with Gasteiger partial charge in [0.15, 0.2) is 0 Å². The minimum Gasteiger partial charge on any atom is -0.480 e. The van der Waals surface area contributed by atoms with E-state index in [1.807, 2.05) is 0 Å². The van der Waals surface area contributed by atoms with Gasteiger partial charge in [-0.1, -0.05) is 33.7 Å². The highest BCUT2D eigenvalue weighted by atomic mass is 33.1. The predicted octanol–water partition coefficient (Wildman–Crippen LogP) is 1.54. The maximum absolute atomic E-state index is 10.9. The van der Waals surface area contributed by atoms with E-state index < -0.39 is 18.0 Å². The largest absolute Gasteiger partial charge is 0.480 e. The number of rotatable bonds is 6. The molecule has 1 rings (SSSR count). The molecule has 0 saturated heterocycles. The Morgan fingerprint density at radius 2 is 1.94 bits per heavy atom. The van der Waals surface area contributed by atoms with Gasteiger partial charge >= 0.3 is 11.9 Å². The molecule has 0 aliphatic rings. The molecule has 1 atom stereocenters. The van der Waals surface area contributed by atoms with Crippen LogP contribution in [0.3, 0.4) is 0 Å². The van der Waals surface area contributed by atoms with E-state index >= 15 is 0 Å². The van der Waals surface area contributed by atoms with E-state index in [4.69, 9.17) is 15.9 Å². The lowest BCUT2D eigenvalue weighted by molar-refractivity contribution is -0.137. The molecule has 0 aliphatic carbocycles. The second kappa shape index (κ2) is 6.53. The van der Waals surface area contributed by atoms with Crippen molar-refractivity contribution in [3.8, 4) is 0 Å². The van der Waals surface area contributed by atoms with Crippen molar-refractivity contribution in [1.82, 2.24) is 0 Å². The van der Waals surface area contributed by atoms with Gasteiger partial charge in [0.1, 0.15) is 6.04 Å². The summed E-state index contributed by atoms with van der Waals surface area (Å²) < 4.78 is 0. The van der Waals surface area contributed by atoms with Crippen LogP contribution in [0, 0.1) is 0 Å². The van der Waals surface area contributed by atoms with Gasteiger partial charge in [-0.25, -0.2) is 4.79 Å². The maximum Gasteiger partial charge on any atom is 0.336 e. The zero-order valence-electron chi connectivity index (χ0n) is 8.70. The molecule has 1 aromatic carbocycles. The van der Waals surface area contributed by atoms with Crippen molar-refractivity contribution in [2.75, 3.05) is 5.75 Å². The molecule has 0 spiro atoms. The molecule has 4 N–H and O–H groups in total. The van der Waals surface area contributed by atoms with Crippen molar-refractivity contribution < 1.29 is 19.8 Å². The first-order valence-corrected chi connectivity index (χ1v) is 6.94. The van der Waals surface area contributed by atoms with Gasteiger partial charge in [-0.05, 0) is 12.1 Å². The lowest BCUT2D eigenvalue weighted by Crippen LogP contribution is -2.32. The number of carboxylic acid groups (broad SMARTS) is 2. The maximum atomic E-state index is 10.9. The monoisotopic (exact) mass is 273 g/mol. The van der Waals surface area contributed by atoms with E-state index in [-0.39, 0.29) is 11.3 Å². The Bertz CT molecular complexity index is 425. The molecule has 0 unspecified atom stereocenters. The Balaban J connectivity index is 2.58. The molecule has 0 aromatic heterocycles. The number of hydrogen-bond donors (Lipinski definition) is 3. The molecule has 7 heteroatoms. The van der Waals surface area contributed by atoms with E-state index in [0.29, 0.717) is 4.90 Å². The van der Waals surface area contributed by atoms with Gasteiger partial charge in [0, 0.05) is 10.6 Å². The van der Waals surface area contributed by atoms with Crippen LogP contribution in [0.25, 0.3) is 0 Å². The van der Waals surface area contributed by atoms with Gasteiger partial charge in [-0.15, -0.1) is 0 Å². The van der Waals surface area contributed by atoms with E-state index in [0.717, 1.165) is 0 Å². The first-order chi connectivity index (χ1) is 8.02. The molecule has 17 heavy (non-hydrogen) atoms. The molecule has 1 aromatic rings. The highest BCUT2D eigenvalue weighted by molar-refractivity contribution is 8.76. The minimum atomic E-state index is -1.07. The molecule has 0 saturated carbocycles. The fraction of sp³-hybridized carbons (Fsp3) is 0.200. The number of nitrogens with two attached hydrogens (primary N) is 1. The first-order valence-electron chi connectivity index (χ1n) is 4.62. The summed E-state index contributed by atoms with van der Waals surface area (Å²) in [4.78, 5) is 21.9. The number of carbonyl (C=O) groups is 2. The standard InChI is InChI=1S/C10H11NO4S2/c11-7(10(14)15)5-16-17-8-4-2-1-3-6(8)9(12)13/h1-4,7H,5,11H2,(H,12,13)(H,14,15)/t7-/m0/s1. The zero-order valence-corrected chi connectivity index (χ0v) is 10.3. The summed E-state index contributed by atoms with van der Waals surface area (Å²) in [6.07, 6.45) is 0. The van der Waals surface area contributed by atoms with Crippen LogP contribution in [0.4, 0.5) is 0 Å². The van der Waals surface area contributed by atoms with E-state index in [2.05, 4.69) is 0 Å². The third-order valence-electron chi connectivity index (χ3n) is 1.83. The molecule has 0 radical (unpaired) electrons. The number of benzene rings is 1. The molecule has 0 aliphatic heterocycles. The summed E-state index contributed by atoms with van der Waals surface area (Å²) in [7, 11) is 2.44. The van der Waals surface area contributed by atoms with Gasteiger partial charge in [0.25, 0.3) is 0 Å². The quantitative estimate of drug-likeness (QED) is 0.676. The Morgan fingerprint density at radius 1 is 1.29 bits per heavy atom. The third kappa shape index (κ3) is 4.29. The molecular weight excluding hydrogens is 262 g/mol. The smallest absolute Gasteiger partial charge is 0.336 e. The van der Waals surface area contributed by atoms with Gasteiger partial charge in [-0.2, -0.15) is 0 Å². The fourth-order valence-electron chi connectivity index (χ4n) is 0.958. The number of carboxylic acids is 2. The fourth-order valence-corrected chi connectivity index (χ4v) is 3.28. The highest BCUT2D eigenvalue weighted by Crippen LogP contribution is 2.33. The van der Waals surface area contributed by atoms with Crippen molar-refractivity contribution in [3.05, 3.63) is 29.8 Å². The first kappa shape index (κ1) is 13.9. The molecule has 5 nitrogen and oxygen atoms in total. The van der Waals surface area contributed by atoms with Gasteiger partial charge < -0.3 is 15.9 Å². The van der Waals surface area contributed by atoms with E-state index in [1.54, 1.807) is 18.2 Å². The third-order valence-corrected chi connectivity index (χ3v) is 4.28. The topological polar surface area (TPSA) is 101 Å². The van der Waals surface area contributed by atoms with E-state index in [1.165, 1.54) is 27.7 Å². The average molecular weight is 273 g/mol. The number of hydrogen-bond acceptors (Lipinski definition) is 5. The summed E-state index contributed by atoms with van der Waals surface area (Å²) in [5.41, 5.74) is 5.53. The number of aliphatic carboxylic acids is 1. The SMILES string of the molecule is N[C@@H](CSSc1ccccc1C(=O)O)C(=O)O. The lowest BCUT2D eigenvalue weighted by Gasteiger charge is -2.07. The van der Waals surface area contributed by atoms with Crippen molar-refractivity contribution in [2.45, 2.75) is 10.9 Å². The lowest BCUT2D eigenvalue weighted by atomic mass is 10.2. The summed E-state index contributed by atoms with van der Waals surface area (Å²) in [5.74, 6) is -1.85. The Morgan fingerprint density at radius 3 is 2.53 bits per heavy atom. The molecular formula is C10H11NO4S2.